The second-order valence-electron chi connectivity index (χ2n) is 9.07. The molecule has 0 spiro atoms. The number of amides is 1. The Morgan fingerprint density at radius 1 is 1.32 bits per heavy atom. The number of nitrogens with two attached hydrogens (primary N) is 1. The van der Waals surface area contributed by atoms with E-state index in [1.54, 1.807) is 0 Å². The van der Waals surface area contributed by atoms with Crippen LogP contribution >= 0.6 is 0 Å². The minimum atomic E-state index is -2.79. The molecule has 4 aliphatic carbocycles. The van der Waals surface area contributed by atoms with Crippen LogP contribution in [0.15, 0.2) is 6.20 Å². The molecular formula is C20H28F2N4O2. The van der Waals surface area contributed by atoms with Gasteiger partial charge in [0.15, 0.2) is 0 Å². The Morgan fingerprint density at radius 2 is 2.00 bits per heavy atom. The molecule has 154 valence electrons. The van der Waals surface area contributed by atoms with Crippen LogP contribution in [0.5, 0.6) is 0 Å². The highest BCUT2D eigenvalue weighted by molar-refractivity contribution is 5.93. The van der Waals surface area contributed by atoms with Gasteiger partial charge in [0.1, 0.15) is 6.61 Å². The highest BCUT2D eigenvalue weighted by Crippen LogP contribution is 2.65. The van der Waals surface area contributed by atoms with Crippen molar-refractivity contribution in [1.29, 1.82) is 0 Å². The Hall–Kier alpha value is -1.83. The first-order valence-corrected chi connectivity index (χ1v) is 10.1. The van der Waals surface area contributed by atoms with E-state index in [4.69, 9.17) is 10.5 Å². The molecule has 3 N–H and O–H groups in total. The van der Waals surface area contributed by atoms with Crippen molar-refractivity contribution in [2.75, 3.05) is 11.9 Å². The molecule has 8 heteroatoms. The Kier molecular flexibility index (Phi) is 5.02. The van der Waals surface area contributed by atoms with Gasteiger partial charge in [-0.3, -0.25) is 4.79 Å². The summed E-state index contributed by atoms with van der Waals surface area (Å²) in [5.41, 5.74) is 6.98. The molecule has 28 heavy (non-hydrogen) atoms. The zero-order valence-electron chi connectivity index (χ0n) is 16.2. The summed E-state index contributed by atoms with van der Waals surface area (Å²) in [5.74, 6) is -1.90. The number of rotatable bonds is 8. The lowest BCUT2D eigenvalue weighted by atomic mass is 9.43. The van der Waals surface area contributed by atoms with Crippen molar-refractivity contribution < 1.29 is 18.3 Å². The van der Waals surface area contributed by atoms with E-state index in [-0.39, 0.29) is 12.1 Å². The molecule has 1 heterocycles. The highest BCUT2D eigenvalue weighted by Gasteiger charge is 2.56. The van der Waals surface area contributed by atoms with Gasteiger partial charge in [-0.2, -0.15) is 0 Å². The number of carbonyl (C=O) groups excluding carboxylic acids is 1. The number of nitrogens with one attached hydrogen (secondary N) is 1. The quantitative estimate of drug-likeness (QED) is 0.706. The lowest BCUT2D eigenvalue weighted by molar-refractivity contribution is -0.105. The van der Waals surface area contributed by atoms with Crippen molar-refractivity contribution in [2.45, 2.75) is 76.4 Å². The SMILES string of the molecule is CC(F)(F)COC1CCC(Nc2ncc(C(N)=O)c(CC34CC(C3)C4)n2)CC1. The molecule has 0 saturated heterocycles. The van der Waals surface area contributed by atoms with Crippen molar-refractivity contribution in [2.24, 2.45) is 17.1 Å². The van der Waals surface area contributed by atoms with Crippen LogP contribution in [0.2, 0.25) is 0 Å². The second-order valence-corrected chi connectivity index (χ2v) is 9.07. The predicted octanol–water partition coefficient (Wildman–Crippen LogP) is 3.31. The number of carbonyl (C=O) groups is 1. The van der Waals surface area contributed by atoms with E-state index in [0.717, 1.165) is 50.6 Å². The van der Waals surface area contributed by atoms with Crippen LogP contribution in [-0.2, 0) is 11.2 Å². The Morgan fingerprint density at radius 3 is 2.54 bits per heavy atom. The summed E-state index contributed by atoms with van der Waals surface area (Å²) in [4.78, 5) is 20.6. The topological polar surface area (TPSA) is 90.1 Å². The normalized spacial score (nSPS) is 31.6. The lowest BCUT2D eigenvalue weighted by Gasteiger charge is -2.62. The van der Waals surface area contributed by atoms with Crippen LogP contribution < -0.4 is 11.1 Å². The molecule has 0 atom stereocenters. The number of anilines is 1. The molecule has 6 nitrogen and oxygen atoms in total. The van der Waals surface area contributed by atoms with E-state index in [1.165, 1.54) is 25.5 Å². The molecule has 0 radical (unpaired) electrons. The van der Waals surface area contributed by atoms with Crippen molar-refractivity contribution in [3.05, 3.63) is 17.5 Å². The van der Waals surface area contributed by atoms with Gasteiger partial charge >= 0.3 is 0 Å². The third-order valence-electron chi connectivity index (χ3n) is 6.42. The van der Waals surface area contributed by atoms with Gasteiger partial charge < -0.3 is 15.8 Å². The smallest absolute Gasteiger partial charge is 0.268 e. The second kappa shape index (κ2) is 7.21. The van der Waals surface area contributed by atoms with E-state index in [0.29, 0.717) is 16.9 Å². The lowest BCUT2D eigenvalue weighted by Crippen LogP contribution is -2.53. The monoisotopic (exact) mass is 394 g/mol. The standard InChI is InChI=1S/C20H28F2N4O2/c1-19(21,22)11-28-14-4-2-13(3-5-14)25-18-24-10-15(17(23)27)16(26-18)9-20-6-12(7-20)8-20/h10,12-14H,2-9,11H2,1H3,(H2,23,27)(H,24,25,26). The minimum absolute atomic E-state index is 0.123. The zero-order chi connectivity index (χ0) is 19.9. The molecule has 5 rings (SSSR count). The molecular weight excluding hydrogens is 366 g/mol. The first kappa shape index (κ1) is 19.5. The van der Waals surface area contributed by atoms with E-state index in [9.17, 15) is 13.6 Å². The number of nitrogens with zero attached hydrogens (tertiary/aromatic N) is 2. The Balaban J connectivity index is 1.34. The molecule has 4 saturated carbocycles. The van der Waals surface area contributed by atoms with Crippen molar-refractivity contribution >= 4 is 11.9 Å². The summed E-state index contributed by atoms with van der Waals surface area (Å²) >= 11 is 0. The van der Waals surface area contributed by atoms with Gasteiger partial charge in [0.2, 0.25) is 5.95 Å². The van der Waals surface area contributed by atoms with E-state index in [1.807, 2.05) is 0 Å². The fourth-order valence-electron chi connectivity index (χ4n) is 4.88. The van der Waals surface area contributed by atoms with Crippen LogP contribution in [0, 0.1) is 11.3 Å². The summed E-state index contributed by atoms with van der Waals surface area (Å²) in [6.07, 6.45) is 8.91. The van der Waals surface area contributed by atoms with Gasteiger partial charge in [-0.25, -0.2) is 18.7 Å². The summed E-state index contributed by atoms with van der Waals surface area (Å²) in [5, 5.41) is 3.34. The number of alkyl halides is 2. The van der Waals surface area contributed by atoms with Crippen LogP contribution in [0.4, 0.5) is 14.7 Å². The van der Waals surface area contributed by atoms with E-state index < -0.39 is 18.4 Å². The number of ether oxygens (including phenoxy) is 1. The van der Waals surface area contributed by atoms with Gasteiger partial charge in [-0.1, -0.05) is 0 Å². The van der Waals surface area contributed by atoms with Gasteiger partial charge in [0.05, 0.1) is 17.4 Å². The summed E-state index contributed by atoms with van der Waals surface area (Å²) in [6.45, 7) is 0.344. The Labute approximate surface area is 163 Å². The van der Waals surface area contributed by atoms with Crippen LogP contribution in [0.3, 0.4) is 0 Å². The maximum Gasteiger partial charge on any atom is 0.268 e. The van der Waals surface area contributed by atoms with Crippen LogP contribution in [0.25, 0.3) is 0 Å². The summed E-state index contributed by atoms with van der Waals surface area (Å²) in [6, 6.07) is 0.171. The first-order valence-electron chi connectivity index (χ1n) is 10.1. The average molecular weight is 394 g/mol. The van der Waals surface area contributed by atoms with Gasteiger partial charge in [0.25, 0.3) is 11.8 Å². The van der Waals surface area contributed by atoms with E-state index >= 15 is 0 Å². The van der Waals surface area contributed by atoms with Crippen molar-refractivity contribution in [3.8, 4) is 0 Å². The summed E-state index contributed by atoms with van der Waals surface area (Å²) < 4.78 is 31.2. The van der Waals surface area contributed by atoms with Gasteiger partial charge in [0, 0.05) is 19.2 Å². The van der Waals surface area contributed by atoms with Gasteiger partial charge in [-0.05, 0) is 62.7 Å². The molecule has 0 aliphatic heterocycles. The predicted molar refractivity (Wildman–Crippen MR) is 100 cm³/mol. The molecule has 1 aromatic rings. The summed E-state index contributed by atoms with van der Waals surface area (Å²) in [7, 11) is 0. The maximum absolute atomic E-state index is 12.9. The molecule has 1 amide bonds. The number of hydrogen-bond acceptors (Lipinski definition) is 5. The zero-order valence-corrected chi connectivity index (χ0v) is 16.2. The molecule has 2 bridgehead atoms. The number of halogens is 2. The van der Waals surface area contributed by atoms with Crippen molar-refractivity contribution in [3.63, 3.8) is 0 Å². The molecule has 0 unspecified atom stereocenters. The van der Waals surface area contributed by atoms with Crippen LogP contribution in [0.1, 0.15) is 67.9 Å². The molecule has 1 aromatic heterocycles. The van der Waals surface area contributed by atoms with Crippen LogP contribution in [-0.4, -0.2) is 40.6 Å². The number of aromatic nitrogens is 2. The third kappa shape index (κ3) is 4.26. The number of primary amides is 1. The first-order chi connectivity index (χ1) is 13.2. The highest BCUT2D eigenvalue weighted by atomic mass is 19.3. The largest absolute Gasteiger partial charge is 0.372 e. The fraction of sp³-hybridized carbons (Fsp3) is 0.750. The molecule has 4 aliphatic rings. The average Bonchev–Trinajstić information content (AvgIpc) is 2.56. The minimum Gasteiger partial charge on any atom is -0.372 e. The number of hydrogen-bond donors (Lipinski definition) is 2. The van der Waals surface area contributed by atoms with E-state index in [2.05, 4.69) is 15.3 Å². The molecule has 4 fully saturated rings. The fourth-order valence-corrected chi connectivity index (χ4v) is 4.88. The third-order valence-corrected chi connectivity index (χ3v) is 6.42. The van der Waals surface area contributed by atoms with Gasteiger partial charge in [-0.15, -0.1) is 0 Å². The molecule has 0 aromatic carbocycles. The van der Waals surface area contributed by atoms with Crippen molar-refractivity contribution in [1.82, 2.24) is 9.97 Å². The maximum atomic E-state index is 12.9. The Bertz CT molecular complexity index is 727.